The summed E-state index contributed by atoms with van der Waals surface area (Å²) in [6.07, 6.45) is 2.37. The predicted octanol–water partition coefficient (Wildman–Crippen LogP) is 31.3. The summed E-state index contributed by atoms with van der Waals surface area (Å²) in [5, 5.41) is 23.9. The van der Waals surface area contributed by atoms with Gasteiger partial charge >= 0.3 is 54.8 Å². The van der Waals surface area contributed by atoms with E-state index in [2.05, 4.69) is 91.1 Å². The van der Waals surface area contributed by atoms with Crippen LogP contribution in [-0.4, -0.2) is 114 Å². The van der Waals surface area contributed by atoms with Crippen LogP contribution in [0.2, 0.25) is 0 Å². The third kappa shape index (κ3) is 56.7. The SMILES string of the molecule is C=CCOC(=O)Nc1ccc(C)cc1.CCCOC(=O)Nc1ccc(C)cc1.COCCOC(=O)Nc1ccc(C)cc1.Cc1ccc(NC(=O)OCC(C)C)cc1.Cc1ccc(NC(=O)OCCCCl)cc1.Cc1ccc(NC(=O)O[C@H]2C[C@H](C)CC[C@H]2C(C)C)cc1.Cc1ccc(OC(=O)Nc2cccc(C)c2)cc1.Cc1cccc(NC(=O)Oc2ccc(Br)cc2)c1.Cc1cccc(NC(=O)Oc2ccc(F)cc2)c1. The molecule has 1 saturated carbocycles. The molecule has 0 aromatic heterocycles. The van der Waals surface area contributed by atoms with Crippen LogP contribution < -0.4 is 62.1 Å². The third-order valence-corrected chi connectivity index (χ3v) is 21.2. The summed E-state index contributed by atoms with van der Waals surface area (Å²) in [6.45, 7) is 38.0. The fourth-order valence-corrected chi connectivity index (χ4v) is 13.0. The van der Waals surface area contributed by atoms with Gasteiger partial charge in [-0.15, -0.1) is 11.6 Å². The van der Waals surface area contributed by atoms with E-state index in [1.54, 1.807) is 37.4 Å². The number of methoxy groups -OCH3 is 1. The highest BCUT2D eigenvalue weighted by molar-refractivity contribution is 9.10. The highest BCUT2D eigenvalue weighted by atomic mass is 79.9. The molecule has 0 unspecified atom stereocenters. The first-order valence-electron chi connectivity index (χ1n) is 48.3. The van der Waals surface area contributed by atoms with E-state index in [4.69, 9.17) is 59.0 Å². The van der Waals surface area contributed by atoms with Gasteiger partial charge in [-0.25, -0.2) is 47.5 Å². The molecule has 0 radical (unpaired) electrons. The Balaban J connectivity index is 0.000000294. The number of aryl methyl sites for hydroxylation is 10. The van der Waals surface area contributed by atoms with E-state index in [1.165, 1.54) is 42.3 Å². The Bertz CT molecular complexity index is 5650. The standard InChI is InChI=1S/C18H27NO2.C15H15NO2.C14H12BrNO2.C14H12FNO2.C12H17NO2.C11H14ClNO2.C11H15NO3.C11H15NO2.C11H13NO2/c1-12(2)16-10-7-14(4)11-17(16)21-18(20)19-15-8-5-13(3)6-9-15;1-11-6-8-14(9-7-11)18-15(17)16-13-5-3-4-12(2)10-13;2*1-10-3-2-4-12(9-10)16-14(17)18-13-7-5-11(15)6-8-13;1-9(2)8-15-12(14)13-11-6-4-10(3)5-7-11;1-9-3-5-10(6-4-9)13-11(14)15-8-2-7-12;1-9-3-5-10(6-4-9)12-11(13)15-8-7-14-2;2*1-3-8-14-11(13)12-10-6-4-9(2)5-7-10/h5-6,8-9,12,14,16-17H,7,10-11H2,1-4H3,(H,19,20);3-10H,1-2H3,(H,16,17);2*2-9H,1H3,(H,16,17);4-7,9H,8H2,1-3H3,(H,13,14);3-6H,2,7-8H2,1H3,(H,13,14);3-6H,7-8H2,1-2H3,(H,12,13);4-7H,3,8H2,1-2H3,(H,12,13);3-7H,1,8H2,2H3,(H,12,13)/t14-,16+,17+;;;;;;;;/m1......../s1. The second kappa shape index (κ2) is 70.3. The van der Waals surface area contributed by atoms with Crippen molar-refractivity contribution in [1.29, 1.82) is 0 Å². The summed E-state index contributed by atoms with van der Waals surface area (Å²) < 4.78 is 63.7. The lowest BCUT2D eigenvalue weighted by atomic mass is 9.75. The van der Waals surface area contributed by atoms with Crippen LogP contribution >= 0.6 is 27.5 Å². The summed E-state index contributed by atoms with van der Waals surface area (Å²) >= 11 is 8.77. The van der Waals surface area contributed by atoms with Crippen molar-refractivity contribution in [2.24, 2.45) is 23.7 Å². The highest BCUT2D eigenvalue weighted by Gasteiger charge is 2.33. The molecular formula is C117H140BrClFN9O19. The monoisotopic (exact) mass is 2110 g/mol. The maximum absolute atomic E-state index is 12.7. The number of alkyl halides is 1. The molecule has 1 fully saturated rings. The third-order valence-electron chi connectivity index (χ3n) is 20.4. The number of amides is 9. The molecule has 0 spiro atoms. The highest BCUT2D eigenvalue weighted by Crippen LogP contribution is 2.36. The zero-order chi connectivity index (χ0) is 109. The van der Waals surface area contributed by atoms with Gasteiger partial charge in [0.15, 0.2) is 0 Å². The number of benzene rings is 12. The van der Waals surface area contributed by atoms with Crippen molar-refractivity contribution < 1.29 is 94.9 Å². The van der Waals surface area contributed by atoms with Crippen LogP contribution in [0, 0.1) is 98.7 Å². The molecule has 9 N–H and O–H groups in total. The lowest BCUT2D eigenvalue weighted by Crippen LogP contribution is -2.36. The second-order valence-corrected chi connectivity index (χ2v) is 36.2. The minimum Gasteiger partial charge on any atom is -0.449 e. The molecule has 788 valence electrons. The Labute approximate surface area is 883 Å². The molecule has 0 heterocycles. The molecule has 0 bridgehead atoms. The van der Waals surface area contributed by atoms with Crippen molar-refractivity contribution in [1.82, 2.24) is 0 Å². The predicted molar refractivity (Wildman–Crippen MR) is 594 cm³/mol. The van der Waals surface area contributed by atoms with Gasteiger partial charge in [-0.1, -0.05) is 237 Å². The molecule has 1 aliphatic carbocycles. The molecular weight excluding hydrogens is 1970 g/mol. The quantitative estimate of drug-likeness (QED) is 0.0105. The molecule has 0 saturated heterocycles. The summed E-state index contributed by atoms with van der Waals surface area (Å²) in [6, 6.07) is 87.5. The average molecular weight is 2110 g/mol. The Morgan fingerprint density at radius 1 is 0.365 bits per heavy atom. The molecule has 9 amide bonds. The largest absolute Gasteiger partial charge is 0.449 e. The summed E-state index contributed by atoms with van der Waals surface area (Å²) in [4.78, 5) is 103. The van der Waals surface area contributed by atoms with E-state index in [0.717, 1.165) is 119 Å². The van der Waals surface area contributed by atoms with Crippen molar-refractivity contribution in [2.75, 3.05) is 100 Å². The minimum absolute atomic E-state index is 0.0409. The smallest absolute Gasteiger partial charge is 0.417 e. The van der Waals surface area contributed by atoms with Gasteiger partial charge in [0.25, 0.3) is 0 Å². The Morgan fingerprint density at radius 3 is 0.973 bits per heavy atom. The van der Waals surface area contributed by atoms with Crippen molar-refractivity contribution >= 4 is 134 Å². The molecule has 28 nitrogen and oxygen atoms in total. The maximum atomic E-state index is 12.7. The van der Waals surface area contributed by atoms with Crippen molar-refractivity contribution in [3.8, 4) is 17.2 Å². The van der Waals surface area contributed by atoms with E-state index in [0.29, 0.717) is 85.3 Å². The Morgan fingerprint density at radius 2 is 0.662 bits per heavy atom. The number of nitrogens with one attached hydrogen (secondary N) is 9. The number of carbonyl (C=O) groups excluding carboxylic acids is 9. The van der Waals surface area contributed by atoms with Crippen molar-refractivity contribution in [3.05, 3.63) is 370 Å². The average Bonchev–Trinajstić information content (AvgIpc) is 0.841. The summed E-state index contributed by atoms with van der Waals surface area (Å²) in [5.74, 6) is 3.47. The Kier molecular flexibility index (Phi) is 58.4. The number of halogens is 3. The molecule has 148 heavy (non-hydrogen) atoms. The Hall–Kier alpha value is -15.5. The minimum atomic E-state index is -0.604. The number of hydrogen-bond donors (Lipinski definition) is 9. The second-order valence-electron chi connectivity index (χ2n) is 34.9. The lowest BCUT2D eigenvalue weighted by Gasteiger charge is -2.36. The molecule has 31 heteroatoms. The van der Waals surface area contributed by atoms with Crippen LogP contribution in [0.4, 0.5) is 98.7 Å². The normalized spacial score (nSPS) is 12.0. The fraction of sp³-hybridized carbons (Fsp3) is 0.291. The number of rotatable bonds is 26. The lowest BCUT2D eigenvalue weighted by molar-refractivity contribution is 0.0126. The molecule has 1 aliphatic rings. The summed E-state index contributed by atoms with van der Waals surface area (Å²) in [7, 11) is 1.56. The van der Waals surface area contributed by atoms with Gasteiger partial charge in [-0.05, 0) is 305 Å². The van der Waals surface area contributed by atoms with Gasteiger partial charge < -0.3 is 47.4 Å². The van der Waals surface area contributed by atoms with Crippen LogP contribution in [0.1, 0.15) is 129 Å². The van der Waals surface area contributed by atoms with E-state index in [1.807, 2.05) is 327 Å². The van der Waals surface area contributed by atoms with E-state index >= 15 is 0 Å². The fourth-order valence-electron chi connectivity index (χ4n) is 12.7. The number of ether oxygens (including phenoxy) is 10. The van der Waals surface area contributed by atoms with Crippen LogP contribution in [0.5, 0.6) is 17.2 Å². The van der Waals surface area contributed by atoms with Gasteiger partial charge in [-0.2, -0.15) is 0 Å². The van der Waals surface area contributed by atoms with Crippen LogP contribution in [0.15, 0.2) is 308 Å². The first kappa shape index (κ1) is 123. The molecule has 12 aromatic carbocycles. The summed E-state index contributed by atoms with van der Waals surface area (Å²) in [5.41, 5.74) is 17.9. The first-order chi connectivity index (χ1) is 70.8. The zero-order valence-corrected chi connectivity index (χ0v) is 89.6. The van der Waals surface area contributed by atoms with E-state index < -0.39 is 48.7 Å². The number of anilines is 9. The van der Waals surface area contributed by atoms with Crippen LogP contribution in [0.3, 0.4) is 0 Å². The van der Waals surface area contributed by atoms with Crippen molar-refractivity contribution in [2.45, 2.75) is 149 Å². The van der Waals surface area contributed by atoms with Gasteiger partial charge in [0, 0.05) is 68.6 Å². The van der Waals surface area contributed by atoms with Gasteiger partial charge in [0.05, 0.1) is 26.4 Å². The molecule has 3 atom stereocenters. The number of carbonyl (C=O) groups is 9. The van der Waals surface area contributed by atoms with Crippen molar-refractivity contribution in [3.63, 3.8) is 0 Å². The molecule has 12 aromatic rings. The number of hydrogen-bond acceptors (Lipinski definition) is 19. The topological polar surface area (TPSA) is 354 Å². The van der Waals surface area contributed by atoms with Gasteiger partial charge in [0.1, 0.15) is 42.4 Å². The molecule has 0 aliphatic heterocycles. The van der Waals surface area contributed by atoms with Crippen LogP contribution in [-0.2, 0) is 33.2 Å². The van der Waals surface area contributed by atoms with E-state index in [-0.39, 0.29) is 31.2 Å². The maximum Gasteiger partial charge on any atom is 0.417 e. The van der Waals surface area contributed by atoms with Gasteiger partial charge in [-0.3, -0.25) is 47.9 Å². The first-order valence-corrected chi connectivity index (χ1v) is 49.6. The van der Waals surface area contributed by atoms with Gasteiger partial charge in [0.2, 0.25) is 0 Å². The molecule has 13 rings (SSSR count). The zero-order valence-electron chi connectivity index (χ0n) is 87.3. The van der Waals surface area contributed by atoms with Crippen LogP contribution in [0.25, 0.3) is 0 Å². The van der Waals surface area contributed by atoms with E-state index in [9.17, 15) is 47.5 Å².